The number of nitrogens with zero attached hydrogens (tertiary/aromatic N) is 2. The molecule has 0 fully saturated rings. The molecule has 8 nitrogen and oxygen atoms in total. The van der Waals surface area contributed by atoms with Crippen LogP contribution in [0, 0.1) is 0 Å². The summed E-state index contributed by atoms with van der Waals surface area (Å²) >= 11 is 0. The van der Waals surface area contributed by atoms with E-state index in [1.807, 2.05) is 0 Å². The number of likely N-dealkylation sites (N-methyl/N-ethyl adjacent to an activating group) is 2. The van der Waals surface area contributed by atoms with E-state index in [2.05, 4.69) is 53.5 Å². The summed E-state index contributed by atoms with van der Waals surface area (Å²) in [6.07, 6.45) is 40.1. The molecule has 53 heavy (non-hydrogen) atoms. The molecule has 0 radical (unpaired) electrons. The Morgan fingerprint density at radius 1 is 0.396 bits per heavy atom. The van der Waals surface area contributed by atoms with Gasteiger partial charge in [0.25, 0.3) is 0 Å². The first-order valence-electron chi connectivity index (χ1n) is 22.8. The van der Waals surface area contributed by atoms with Crippen molar-refractivity contribution in [3.05, 3.63) is 0 Å². The maximum atomic E-state index is 10.0. The molecule has 2 N–H and O–H groups in total. The predicted molar refractivity (Wildman–Crippen MR) is 227 cm³/mol. The van der Waals surface area contributed by atoms with Crippen molar-refractivity contribution < 1.29 is 38.1 Å². The van der Waals surface area contributed by atoms with Crippen molar-refractivity contribution in [2.75, 3.05) is 74.2 Å². The van der Waals surface area contributed by atoms with Gasteiger partial charge < -0.3 is 38.1 Å². The Morgan fingerprint density at radius 3 is 0.849 bits per heavy atom. The Kier molecular flexibility index (Phi) is 46.6. The van der Waals surface area contributed by atoms with Crippen molar-refractivity contribution in [3.63, 3.8) is 0 Å². The number of aliphatic hydroxyl groups excluding tert-OH is 2. The average molecular weight is 781 g/mol. The summed E-state index contributed by atoms with van der Waals surface area (Å²) in [7, 11) is 4.14. The van der Waals surface area contributed by atoms with Crippen molar-refractivity contribution in [2.45, 2.75) is 213 Å². The Morgan fingerprint density at radius 2 is 0.623 bits per heavy atom. The molecule has 324 valence electrons. The lowest BCUT2D eigenvalue weighted by atomic mass is 10.1. The van der Waals surface area contributed by atoms with Crippen LogP contribution in [0.5, 0.6) is 0 Å². The molecular weight excluding hydrogens is 683 g/mol. The fourth-order valence-electron chi connectivity index (χ4n) is 6.59. The van der Waals surface area contributed by atoms with E-state index >= 15 is 0 Å². The minimum absolute atomic E-state index is 0.0381. The summed E-state index contributed by atoms with van der Waals surface area (Å²) in [5.41, 5.74) is 0. The molecule has 0 aliphatic heterocycles. The topological polar surface area (TPSA) is 113 Å². The van der Waals surface area contributed by atoms with Crippen molar-refractivity contribution >= 4 is 7.82 Å². The van der Waals surface area contributed by atoms with Crippen LogP contribution in [0.15, 0.2) is 0 Å². The molecule has 0 bridgehead atoms. The molecule has 0 spiro atoms. The number of quaternary nitrogens is 2. The number of rotatable bonds is 38. The van der Waals surface area contributed by atoms with Gasteiger partial charge in [0, 0.05) is 0 Å². The van der Waals surface area contributed by atoms with Crippen LogP contribution in [0.1, 0.15) is 213 Å². The van der Waals surface area contributed by atoms with Gasteiger partial charge in [-0.25, -0.2) is 0 Å². The maximum Gasteiger partial charge on any atom is 0.102 e. The van der Waals surface area contributed by atoms with Crippen molar-refractivity contribution in [3.8, 4) is 0 Å². The van der Waals surface area contributed by atoms with Gasteiger partial charge in [0.2, 0.25) is 0 Å². The minimum atomic E-state index is -4.73. The molecule has 0 heterocycles. The number of phosphoric ester groups is 1. The lowest BCUT2D eigenvalue weighted by Crippen LogP contribution is -2.42. The molecule has 0 amide bonds. The van der Waals surface area contributed by atoms with E-state index in [0.29, 0.717) is 19.6 Å². The third-order valence-corrected chi connectivity index (χ3v) is 10.9. The van der Waals surface area contributed by atoms with Crippen molar-refractivity contribution in [1.29, 1.82) is 0 Å². The van der Waals surface area contributed by atoms with Crippen molar-refractivity contribution in [1.82, 2.24) is 0 Å². The van der Waals surface area contributed by atoms with E-state index in [-0.39, 0.29) is 6.61 Å². The zero-order valence-electron chi connectivity index (χ0n) is 37.0. The highest BCUT2D eigenvalue weighted by Crippen LogP contribution is 2.24. The van der Waals surface area contributed by atoms with Gasteiger partial charge >= 0.3 is 0 Å². The molecule has 0 aliphatic carbocycles. The number of aliphatic hydroxyl groups is 2. The van der Waals surface area contributed by atoms with Gasteiger partial charge in [-0.05, 0) is 32.1 Å². The smallest absolute Gasteiger partial charge is 0.102 e. The van der Waals surface area contributed by atoms with Crippen LogP contribution in [0.25, 0.3) is 0 Å². The molecule has 0 rings (SSSR count). The highest BCUT2D eigenvalue weighted by molar-refractivity contribution is 7.43. The molecule has 0 atom stereocenters. The molecule has 0 aliphatic rings. The highest BCUT2D eigenvalue weighted by Gasteiger charge is 2.13. The first kappa shape index (κ1) is 57.3. The maximum absolute atomic E-state index is 10.0. The van der Waals surface area contributed by atoms with Gasteiger partial charge in [0.05, 0.1) is 68.9 Å². The largest absolute Gasteiger partial charge is 0.790 e. The number of unbranched alkanes of at least 4 members (excludes halogenated alkanes) is 27. The van der Waals surface area contributed by atoms with Gasteiger partial charge in [-0.15, -0.1) is 0 Å². The van der Waals surface area contributed by atoms with Crippen LogP contribution in [-0.2, 0) is 9.09 Å². The number of phosphoric acid groups is 1. The van der Waals surface area contributed by atoms with Gasteiger partial charge in [-0.1, -0.05) is 181 Å². The van der Waals surface area contributed by atoms with Crippen LogP contribution >= 0.6 is 7.82 Å². The van der Waals surface area contributed by atoms with Gasteiger partial charge in [0.15, 0.2) is 0 Å². The van der Waals surface area contributed by atoms with Crippen LogP contribution < -0.4 is 9.79 Å². The van der Waals surface area contributed by atoms with E-state index < -0.39 is 7.82 Å². The summed E-state index contributed by atoms with van der Waals surface area (Å²) in [5.74, 6) is 0. The fourth-order valence-corrected chi connectivity index (χ4v) is 6.94. The Labute approximate surface area is 332 Å². The van der Waals surface area contributed by atoms with Crippen LogP contribution in [-0.4, -0.2) is 93.4 Å². The Hall–Kier alpha value is -0.0500. The Balaban J connectivity index is -0.000000726. The normalized spacial score (nSPS) is 12.0. The van der Waals surface area contributed by atoms with Crippen LogP contribution in [0.3, 0.4) is 0 Å². The van der Waals surface area contributed by atoms with E-state index in [9.17, 15) is 14.4 Å². The first-order chi connectivity index (χ1) is 25.3. The fraction of sp³-hybridized carbons (Fsp3) is 1.00. The predicted octanol–water partition coefficient (Wildman–Crippen LogP) is 10.7. The van der Waals surface area contributed by atoms with E-state index in [1.165, 1.54) is 186 Å². The quantitative estimate of drug-likeness (QED) is 0.0366. The molecular formula is C44H97N2O6P. The first-order valence-corrected chi connectivity index (χ1v) is 24.3. The zero-order chi connectivity index (χ0) is 40.4. The number of hydrogen-bond donors (Lipinski definition) is 2. The lowest BCUT2D eigenvalue weighted by Gasteiger charge is -2.28. The second-order valence-electron chi connectivity index (χ2n) is 17.0. The van der Waals surface area contributed by atoms with E-state index in [4.69, 9.17) is 10.2 Å². The monoisotopic (exact) mass is 781 g/mol. The SMILES string of the molecule is CCCCCCCCCCCCCC[N+](C)(C)CCO.CCCCCCCCCCCCCC[N+](C)(C)CCO.CCCCCCCCOP(=O)([O-])[O-]. The molecule has 0 unspecified atom stereocenters. The average Bonchev–Trinajstić information content (AvgIpc) is 3.09. The summed E-state index contributed by atoms with van der Waals surface area (Å²) in [6.45, 7) is 11.5. The molecule has 9 heteroatoms. The minimum Gasteiger partial charge on any atom is -0.790 e. The third kappa shape index (κ3) is 56.4. The van der Waals surface area contributed by atoms with Crippen LogP contribution in [0.2, 0.25) is 0 Å². The molecule has 0 saturated carbocycles. The molecule has 0 aromatic heterocycles. The zero-order valence-corrected chi connectivity index (χ0v) is 37.9. The lowest BCUT2D eigenvalue weighted by molar-refractivity contribution is -0.890. The molecule has 0 saturated heterocycles. The summed E-state index contributed by atoms with van der Waals surface area (Å²) in [5, 5.41) is 18.0. The second-order valence-corrected chi connectivity index (χ2v) is 18.2. The third-order valence-electron chi connectivity index (χ3n) is 10.4. The second kappa shape index (κ2) is 43.1. The summed E-state index contributed by atoms with van der Waals surface area (Å²) in [4.78, 5) is 20.0. The number of hydrogen-bond acceptors (Lipinski definition) is 6. The van der Waals surface area contributed by atoms with Crippen molar-refractivity contribution in [2.24, 2.45) is 0 Å². The molecule has 0 aromatic rings. The summed E-state index contributed by atoms with van der Waals surface area (Å²) in [6, 6.07) is 0. The Bertz CT molecular complexity index is 693. The van der Waals surface area contributed by atoms with Gasteiger partial charge in [0.1, 0.15) is 13.1 Å². The van der Waals surface area contributed by atoms with Gasteiger partial charge in [-0.3, -0.25) is 0 Å². The van der Waals surface area contributed by atoms with E-state index in [1.54, 1.807) is 0 Å². The molecule has 0 aromatic carbocycles. The van der Waals surface area contributed by atoms with E-state index in [0.717, 1.165) is 34.9 Å². The van der Waals surface area contributed by atoms with Gasteiger partial charge in [-0.2, -0.15) is 0 Å². The van der Waals surface area contributed by atoms with Crippen LogP contribution in [0.4, 0.5) is 0 Å². The standard InChI is InChI=1S/2C18H40NO.C8H19O4P/c2*1-4-5-6-7-8-9-10-11-12-13-14-15-16-19(2,3)17-18-20;1-2-3-4-5-6-7-8-12-13(9,10)11/h2*20H,4-18H2,1-3H3;2-8H2,1H3,(H2,9,10,11)/q2*+1;/p-2. The summed E-state index contributed by atoms with van der Waals surface area (Å²) < 4.78 is 16.0. The highest BCUT2D eigenvalue weighted by atomic mass is 31.2.